The maximum absolute atomic E-state index is 10.7. The number of aldehydes is 1. The summed E-state index contributed by atoms with van der Waals surface area (Å²) in [7, 11) is 0. The SMILES string of the molecule is CC(C=O)c1ccc(-n2cc(Cl)cn2)c(Cl)c1. The molecule has 88 valence electrons. The second-order valence-corrected chi connectivity index (χ2v) is 4.58. The first-order valence-corrected chi connectivity index (χ1v) is 5.82. The van der Waals surface area contributed by atoms with Gasteiger partial charge in [0.15, 0.2) is 0 Å². The van der Waals surface area contributed by atoms with Crippen molar-refractivity contribution in [3.63, 3.8) is 0 Å². The Bertz CT molecular complexity index is 551. The Morgan fingerprint density at radius 2 is 2.18 bits per heavy atom. The van der Waals surface area contributed by atoms with Crippen LogP contribution in [0.2, 0.25) is 10.0 Å². The molecule has 0 spiro atoms. The number of halogens is 2. The first-order chi connectivity index (χ1) is 8.11. The van der Waals surface area contributed by atoms with Crippen LogP contribution >= 0.6 is 23.2 Å². The molecule has 2 rings (SSSR count). The fourth-order valence-electron chi connectivity index (χ4n) is 1.50. The Kier molecular flexibility index (Phi) is 3.50. The fraction of sp³-hybridized carbons (Fsp3) is 0.167. The summed E-state index contributed by atoms with van der Waals surface area (Å²) >= 11 is 11.9. The quantitative estimate of drug-likeness (QED) is 0.799. The molecule has 17 heavy (non-hydrogen) atoms. The van der Waals surface area contributed by atoms with Crippen molar-refractivity contribution in [1.29, 1.82) is 0 Å². The minimum atomic E-state index is -0.164. The molecule has 1 heterocycles. The van der Waals surface area contributed by atoms with Gasteiger partial charge in [0.05, 0.1) is 21.9 Å². The van der Waals surface area contributed by atoms with Crippen LogP contribution in [-0.4, -0.2) is 16.1 Å². The van der Waals surface area contributed by atoms with E-state index < -0.39 is 0 Å². The lowest BCUT2D eigenvalue weighted by Gasteiger charge is -2.08. The molecule has 0 aliphatic carbocycles. The summed E-state index contributed by atoms with van der Waals surface area (Å²) in [6.45, 7) is 1.82. The lowest BCUT2D eigenvalue weighted by Crippen LogP contribution is -1.99. The molecular weight excluding hydrogens is 259 g/mol. The van der Waals surface area contributed by atoms with Crippen molar-refractivity contribution >= 4 is 29.5 Å². The van der Waals surface area contributed by atoms with Crippen molar-refractivity contribution in [2.75, 3.05) is 0 Å². The third-order valence-corrected chi connectivity index (χ3v) is 3.00. The van der Waals surface area contributed by atoms with Gasteiger partial charge in [-0.2, -0.15) is 5.10 Å². The number of aromatic nitrogens is 2. The molecule has 0 bridgehead atoms. The summed E-state index contributed by atoms with van der Waals surface area (Å²) in [5, 5.41) is 5.16. The first-order valence-electron chi connectivity index (χ1n) is 5.07. The minimum Gasteiger partial charge on any atom is -0.303 e. The summed E-state index contributed by atoms with van der Waals surface area (Å²) in [6.07, 6.45) is 4.10. The van der Waals surface area contributed by atoms with E-state index in [0.717, 1.165) is 17.5 Å². The monoisotopic (exact) mass is 268 g/mol. The van der Waals surface area contributed by atoms with Gasteiger partial charge in [0.25, 0.3) is 0 Å². The number of hydrogen-bond acceptors (Lipinski definition) is 2. The molecule has 3 nitrogen and oxygen atoms in total. The summed E-state index contributed by atoms with van der Waals surface area (Å²) in [5.41, 5.74) is 1.62. The smallest absolute Gasteiger partial charge is 0.127 e. The van der Waals surface area contributed by atoms with E-state index in [4.69, 9.17) is 23.2 Å². The second kappa shape index (κ2) is 4.90. The molecule has 2 aromatic rings. The highest BCUT2D eigenvalue weighted by Crippen LogP contribution is 2.25. The number of rotatable bonds is 3. The molecule has 1 unspecified atom stereocenters. The number of hydrogen-bond donors (Lipinski definition) is 0. The highest BCUT2D eigenvalue weighted by Gasteiger charge is 2.09. The van der Waals surface area contributed by atoms with E-state index >= 15 is 0 Å². The van der Waals surface area contributed by atoms with Crippen molar-refractivity contribution in [3.05, 3.63) is 46.2 Å². The topological polar surface area (TPSA) is 34.9 Å². The normalized spacial score (nSPS) is 12.4. The third-order valence-electron chi connectivity index (χ3n) is 2.50. The lowest BCUT2D eigenvalue weighted by molar-refractivity contribution is -0.108. The number of carbonyl (C=O) groups excluding carboxylic acids is 1. The van der Waals surface area contributed by atoms with Crippen LogP contribution in [0.15, 0.2) is 30.6 Å². The van der Waals surface area contributed by atoms with Gasteiger partial charge >= 0.3 is 0 Å². The molecule has 1 atom stereocenters. The molecule has 1 aromatic heterocycles. The summed E-state index contributed by atoms with van der Waals surface area (Å²) in [6, 6.07) is 5.45. The fourth-order valence-corrected chi connectivity index (χ4v) is 1.91. The largest absolute Gasteiger partial charge is 0.303 e. The number of nitrogens with zero attached hydrogens (tertiary/aromatic N) is 2. The van der Waals surface area contributed by atoms with Crippen LogP contribution in [0.1, 0.15) is 18.4 Å². The molecule has 0 aliphatic rings. The molecule has 0 radical (unpaired) electrons. The van der Waals surface area contributed by atoms with E-state index in [1.165, 1.54) is 0 Å². The van der Waals surface area contributed by atoms with Crippen molar-refractivity contribution in [1.82, 2.24) is 9.78 Å². The van der Waals surface area contributed by atoms with Gasteiger partial charge in [-0.15, -0.1) is 0 Å². The van der Waals surface area contributed by atoms with Gasteiger partial charge in [-0.25, -0.2) is 4.68 Å². The van der Waals surface area contributed by atoms with Crippen LogP contribution in [0, 0.1) is 0 Å². The van der Waals surface area contributed by atoms with Crippen LogP contribution in [-0.2, 0) is 4.79 Å². The van der Waals surface area contributed by atoms with Crippen molar-refractivity contribution in [2.45, 2.75) is 12.8 Å². The number of carbonyl (C=O) groups is 1. The van der Waals surface area contributed by atoms with Gasteiger partial charge in [0.1, 0.15) is 6.29 Å². The summed E-state index contributed by atoms with van der Waals surface area (Å²) < 4.78 is 1.60. The zero-order chi connectivity index (χ0) is 12.4. The van der Waals surface area contributed by atoms with Gasteiger partial charge in [-0.05, 0) is 17.7 Å². The van der Waals surface area contributed by atoms with E-state index in [0.29, 0.717) is 10.0 Å². The highest BCUT2D eigenvalue weighted by atomic mass is 35.5. The predicted molar refractivity (Wildman–Crippen MR) is 68.1 cm³/mol. The Labute approximate surface area is 109 Å². The van der Waals surface area contributed by atoms with Gasteiger partial charge in [-0.3, -0.25) is 0 Å². The molecule has 0 saturated heterocycles. The van der Waals surface area contributed by atoms with Gasteiger partial charge < -0.3 is 4.79 Å². The Hall–Kier alpha value is -1.32. The molecular formula is C12H10Cl2N2O. The van der Waals surface area contributed by atoms with E-state index in [1.807, 2.05) is 19.1 Å². The lowest BCUT2D eigenvalue weighted by atomic mass is 10.0. The van der Waals surface area contributed by atoms with Crippen LogP contribution in [0.25, 0.3) is 5.69 Å². The zero-order valence-corrected chi connectivity index (χ0v) is 10.6. The first kappa shape index (κ1) is 12.1. The molecule has 0 aliphatic heterocycles. The van der Waals surface area contributed by atoms with E-state index in [1.54, 1.807) is 23.1 Å². The maximum atomic E-state index is 10.7. The Morgan fingerprint density at radius 1 is 1.41 bits per heavy atom. The van der Waals surface area contributed by atoms with Crippen LogP contribution in [0.3, 0.4) is 0 Å². The van der Waals surface area contributed by atoms with Crippen molar-refractivity contribution < 1.29 is 4.79 Å². The molecule has 0 fully saturated rings. The minimum absolute atomic E-state index is 0.164. The second-order valence-electron chi connectivity index (χ2n) is 3.74. The Morgan fingerprint density at radius 3 is 2.71 bits per heavy atom. The standard InChI is InChI=1S/C12H10Cl2N2O/c1-8(7-17)9-2-3-12(11(14)4-9)16-6-10(13)5-15-16/h2-8H,1H3. The molecule has 5 heteroatoms. The van der Waals surface area contributed by atoms with E-state index in [-0.39, 0.29) is 5.92 Å². The Balaban J connectivity index is 2.41. The van der Waals surface area contributed by atoms with Gasteiger partial charge in [0.2, 0.25) is 0 Å². The van der Waals surface area contributed by atoms with Crippen LogP contribution in [0.5, 0.6) is 0 Å². The van der Waals surface area contributed by atoms with E-state index in [9.17, 15) is 4.79 Å². The van der Waals surface area contributed by atoms with E-state index in [2.05, 4.69) is 5.10 Å². The predicted octanol–water partition coefficient (Wildman–Crippen LogP) is 3.48. The average Bonchev–Trinajstić information content (AvgIpc) is 2.74. The number of benzene rings is 1. The summed E-state index contributed by atoms with van der Waals surface area (Å²) in [5.74, 6) is -0.164. The maximum Gasteiger partial charge on any atom is 0.127 e. The molecule has 1 aromatic carbocycles. The molecule has 0 saturated carbocycles. The average molecular weight is 269 g/mol. The van der Waals surface area contributed by atoms with Crippen LogP contribution < -0.4 is 0 Å². The molecule has 0 N–H and O–H groups in total. The summed E-state index contributed by atoms with van der Waals surface area (Å²) in [4.78, 5) is 10.7. The zero-order valence-electron chi connectivity index (χ0n) is 9.10. The van der Waals surface area contributed by atoms with Gasteiger partial charge in [0, 0.05) is 12.1 Å². The van der Waals surface area contributed by atoms with Crippen LogP contribution in [0.4, 0.5) is 0 Å². The highest BCUT2D eigenvalue weighted by molar-refractivity contribution is 6.32. The van der Waals surface area contributed by atoms with Crippen molar-refractivity contribution in [2.24, 2.45) is 0 Å². The van der Waals surface area contributed by atoms with Gasteiger partial charge in [-0.1, -0.05) is 36.2 Å². The molecule has 0 amide bonds. The van der Waals surface area contributed by atoms with Crippen molar-refractivity contribution in [3.8, 4) is 5.69 Å². The third kappa shape index (κ3) is 2.51.